The fourth-order valence-electron chi connectivity index (χ4n) is 1.10. The monoisotopic (exact) mass is 172 g/mol. The summed E-state index contributed by atoms with van der Waals surface area (Å²) in [6.07, 6.45) is 4.23. The topological polar surface area (TPSA) is 69.1 Å². The Kier molecular flexibility index (Phi) is 7.00. The van der Waals surface area contributed by atoms with Crippen LogP contribution in [0.2, 0.25) is 0 Å². The van der Waals surface area contributed by atoms with Crippen molar-refractivity contribution >= 4 is 5.78 Å². The Balaban J connectivity index is 3.42. The molecular formula is C9H20N2O. The first kappa shape index (κ1) is 11.6. The van der Waals surface area contributed by atoms with Crippen molar-refractivity contribution in [3.05, 3.63) is 0 Å². The number of Topliss-reactive ketones (excluding diaryl/α,β-unsaturated/α-hetero) is 1. The zero-order chi connectivity index (χ0) is 9.40. The van der Waals surface area contributed by atoms with E-state index in [2.05, 4.69) is 0 Å². The second kappa shape index (κ2) is 7.25. The third-order valence-electron chi connectivity index (χ3n) is 1.88. The first-order valence-electron chi connectivity index (χ1n) is 4.70. The van der Waals surface area contributed by atoms with Crippen molar-refractivity contribution in [3.63, 3.8) is 0 Å². The minimum absolute atomic E-state index is 0.189. The van der Waals surface area contributed by atoms with Gasteiger partial charge in [-0.15, -0.1) is 0 Å². The third-order valence-corrected chi connectivity index (χ3v) is 1.88. The van der Waals surface area contributed by atoms with Crippen LogP contribution < -0.4 is 11.5 Å². The molecule has 0 fully saturated rings. The molecule has 3 heteroatoms. The van der Waals surface area contributed by atoms with Gasteiger partial charge in [-0.05, 0) is 25.8 Å². The summed E-state index contributed by atoms with van der Waals surface area (Å²) in [5.41, 5.74) is 11.0. The summed E-state index contributed by atoms with van der Waals surface area (Å²) < 4.78 is 0. The number of ketones is 1. The largest absolute Gasteiger partial charge is 0.330 e. The summed E-state index contributed by atoms with van der Waals surface area (Å²) in [5, 5.41) is 0. The van der Waals surface area contributed by atoms with Gasteiger partial charge >= 0.3 is 0 Å². The van der Waals surface area contributed by atoms with E-state index in [1.54, 1.807) is 0 Å². The molecule has 0 bridgehead atoms. The Labute approximate surface area is 74.5 Å². The summed E-state index contributed by atoms with van der Waals surface area (Å²) in [6, 6.07) is -0.253. The van der Waals surface area contributed by atoms with Crippen LogP contribution in [0.15, 0.2) is 0 Å². The molecule has 12 heavy (non-hydrogen) atoms. The van der Waals surface area contributed by atoms with E-state index in [9.17, 15) is 4.79 Å². The fourth-order valence-corrected chi connectivity index (χ4v) is 1.10. The Morgan fingerprint density at radius 3 is 2.58 bits per heavy atom. The number of hydrogen-bond acceptors (Lipinski definition) is 3. The summed E-state index contributed by atoms with van der Waals surface area (Å²) in [4.78, 5) is 11.2. The van der Waals surface area contributed by atoms with Crippen molar-refractivity contribution in [2.45, 2.75) is 45.1 Å². The lowest BCUT2D eigenvalue weighted by Crippen LogP contribution is -2.30. The molecule has 0 rings (SSSR count). The maximum atomic E-state index is 11.2. The second-order valence-electron chi connectivity index (χ2n) is 3.11. The molecule has 0 spiro atoms. The van der Waals surface area contributed by atoms with Gasteiger partial charge in [-0.1, -0.05) is 13.3 Å². The van der Waals surface area contributed by atoms with Crippen LogP contribution in [0.4, 0.5) is 0 Å². The predicted molar refractivity (Wildman–Crippen MR) is 50.8 cm³/mol. The SMILES string of the molecule is CCCC(=O)[C@H](N)CCCCN. The van der Waals surface area contributed by atoms with E-state index in [-0.39, 0.29) is 11.8 Å². The lowest BCUT2D eigenvalue weighted by molar-refractivity contribution is -0.120. The van der Waals surface area contributed by atoms with Crippen LogP contribution in [-0.2, 0) is 4.79 Å². The first-order chi connectivity index (χ1) is 5.72. The molecule has 0 aromatic rings. The van der Waals surface area contributed by atoms with Crippen molar-refractivity contribution in [1.82, 2.24) is 0 Å². The number of unbranched alkanes of at least 4 members (excludes halogenated alkanes) is 1. The number of nitrogens with two attached hydrogens (primary N) is 2. The van der Waals surface area contributed by atoms with Gasteiger partial charge in [0, 0.05) is 6.42 Å². The lowest BCUT2D eigenvalue weighted by Gasteiger charge is -2.08. The Hall–Kier alpha value is -0.410. The summed E-state index contributed by atoms with van der Waals surface area (Å²) in [6.45, 7) is 2.68. The molecule has 1 atom stereocenters. The summed E-state index contributed by atoms with van der Waals surface area (Å²) >= 11 is 0. The van der Waals surface area contributed by atoms with Gasteiger partial charge in [0.1, 0.15) is 5.78 Å². The van der Waals surface area contributed by atoms with Crippen LogP contribution in [-0.4, -0.2) is 18.4 Å². The maximum absolute atomic E-state index is 11.2. The molecule has 0 aliphatic rings. The zero-order valence-electron chi connectivity index (χ0n) is 7.88. The van der Waals surface area contributed by atoms with Crippen molar-refractivity contribution in [3.8, 4) is 0 Å². The normalized spacial score (nSPS) is 12.9. The number of hydrogen-bond donors (Lipinski definition) is 2. The lowest BCUT2D eigenvalue weighted by atomic mass is 10.0. The number of rotatable bonds is 7. The Bertz CT molecular complexity index is 126. The molecule has 0 saturated carbocycles. The summed E-state index contributed by atoms with van der Waals surface area (Å²) in [5.74, 6) is 0.189. The van der Waals surface area contributed by atoms with Crippen LogP contribution in [0.5, 0.6) is 0 Å². The van der Waals surface area contributed by atoms with Gasteiger partial charge in [-0.25, -0.2) is 0 Å². The molecule has 0 radical (unpaired) electrons. The van der Waals surface area contributed by atoms with E-state index in [0.29, 0.717) is 13.0 Å². The van der Waals surface area contributed by atoms with Gasteiger partial charge in [0.05, 0.1) is 6.04 Å². The molecule has 0 aromatic heterocycles. The first-order valence-corrected chi connectivity index (χ1v) is 4.70. The highest BCUT2D eigenvalue weighted by molar-refractivity contribution is 5.83. The number of carbonyl (C=O) groups is 1. The van der Waals surface area contributed by atoms with Crippen molar-refractivity contribution < 1.29 is 4.79 Å². The van der Waals surface area contributed by atoms with Gasteiger partial charge in [0.2, 0.25) is 0 Å². The molecule has 0 amide bonds. The van der Waals surface area contributed by atoms with E-state index in [4.69, 9.17) is 11.5 Å². The fraction of sp³-hybridized carbons (Fsp3) is 0.889. The molecule has 0 aromatic carbocycles. The van der Waals surface area contributed by atoms with E-state index in [1.165, 1.54) is 0 Å². The predicted octanol–water partition coefficient (Wildman–Crippen LogP) is 0.812. The second-order valence-corrected chi connectivity index (χ2v) is 3.11. The van der Waals surface area contributed by atoms with Crippen LogP contribution >= 0.6 is 0 Å². The number of carbonyl (C=O) groups excluding carboxylic acids is 1. The standard InChI is InChI=1S/C9H20N2O/c1-2-5-9(12)8(11)6-3-4-7-10/h8H,2-7,10-11H2,1H3/t8-/m1/s1. The minimum Gasteiger partial charge on any atom is -0.330 e. The summed E-state index contributed by atoms with van der Waals surface area (Å²) in [7, 11) is 0. The third kappa shape index (κ3) is 5.27. The van der Waals surface area contributed by atoms with E-state index >= 15 is 0 Å². The van der Waals surface area contributed by atoms with Gasteiger partial charge in [-0.3, -0.25) is 4.79 Å². The zero-order valence-corrected chi connectivity index (χ0v) is 7.88. The highest BCUT2D eigenvalue weighted by Crippen LogP contribution is 2.02. The van der Waals surface area contributed by atoms with Gasteiger partial charge in [-0.2, -0.15) is 0 Å². The van der Waals surface area contributed by atoms with Gasteiger partial charge < -0.3 is 11.5 Å². The highest BCUT2D eigenvalue weighted by Gasteiger charge is 2.10. The van der Waals surface area contributed by atoms with Crippen molar-refractivity contribution in [1.29, 1.82) is 0 Å². The molecule has 0 unspecified atom stereocenters. The average molecular weight is 172 g/mol. The minimum atomic E-state index is -0.253. The van der Waals surface area contributed by atoms with E-state index in [1.807, 2.05) is 6.92 Å². The molecule has 4 N–H and O–H groups in total. The molecule has 0 aliphatic carbocycles. The molecule has 72 valence electrons. The maximum Gasteiger partial charge on any atom is 0.149 e. The van der Waals surface area contributed by atoms with E-state index < -0.39 is 0 Å². The van der Waals surface area contributed by atoms with Crippen molar-refractivity contribution in [2.75, 3.05) is 6.54 Å². The quantitative estimate of drug-likeness (QED) is 0.558. The molecular weight excluding hydrogens is 152 g/mol. The van der Waals surface area contributed by atoms with E-state index in [0.717, 1.165) is 25.7 Å². The van der Waals surface area contributed by atoms with Gasteiger partial charge in [0.15, 0.2) is 0 Å². The molecule has 0 aliphatic heterocycles. The Morgan fingerprint density at radius 1 is 1.42 bits per heavy atom. The van der Waals surface area contributed by atoms with Crippen LogP contribution in [0.1, 0.15) is 39.0 Å². The Morgan fingerprint density at radius 2 is 2.08 bits per heavy atom. The van der Waals surface area contributed by atoms with Crippen molar-refractivity contribution in [2.24, 2.45) is 11.5 Å². The molecule has 0 heterocycles. The average Bonchev–Trinajstić information content (AvgIpc) is 2.05. The van der Waals surface area contributed by atoms with Gasteiger partial charge in [0.25, 0.3) is 0 Å². The highest BCUT2D eigenvalue weighted by atomic mass is 16.1. The molecule has 3 nitrogen and oxygen atoms in total. The van der Waals surface area contributed by atoms with Crippen LogP contribution in [0, 0.1) is 0 Å². The smallest absolute Gasteiger partial charge is 0.149 e. The van der Waals surface area contributed by atoms with Crippen LogP contribution in [0.25, 0.3) is 0 Å². The molecule has 0 saturated heterocycles. The van der Waals surface area contributed by atoms with Crippen LogP contribution in [0.3, 0.4) is 0 Å².